The van der Waals surface area contributed by atoms with E-state index in [-0.39, 0.29) is 11.9 Å². The highest BCUT2D eigenvalue weighted by molar-refractivity contribution is 5.85. The van der Waals surface area contributed by atoms with Crippen LogP contribution in [0, 0.1) is 6.92 Å². The predicted molar refractivity (Wildman–Crippen MR) is 71.3 cm³/mol. The normalized spacial score (nSPS) is 19.1. The fourth-order valence-electron chi connectivity index (χ4n) is 2.44. The lowest BCUT2D eigenvalue weighted by Gasteiger charge is -2.26. The van der Waals surface area contributed by atoms with Gasteiger partial charge in [-0.15, -0.1) is 0 Å². The molecule has 2 rings (SSSR count). The Hall–Kier alpha value is -1.62. The molecule has 1 aromatic heterocycles. The van der Waals surface area contributed by atoms with Gasteiger partial charge < -0.3 is 16.0 Å². The minimum absolute atomic E-state index is 0.0544. The van der Waals surface area contributed by atoms with E-state index in [0.29, 0.717) is 6.54 Å². The highest BCUT2D eigenvalue weighted by atomic mass is 16.2. The molecule has 0 spiro atoms. The van der Waals surface area contributed by atoms with Gasteiger partial charge in [-0.3, -0.25) is 4.79 Å². The number of amides is 1. The van der Waals surface area contributed by atoms with Crippen LogP contribution in [-0.4, -0.2) is 30.5 Å². The standard InChI is InChI=1S/C13H20N4O/c1-9-5-6-10(8-14)12(16-9)17-7-3-4-11(17)13(18)15-2/h5-6,11H,3-4,7-8,14H2,1-2H3,(H,15,18). The van der Waals surface area contributed by atoms with Crippen LogP contribution in [-0.2, 0) is 11.3 Å². The van der Waals surface area contributed by atoms with Crippen LogP contribution in [0.5, 0.6) is 0 Å². The third kappa shape index (κ3) is 2.31. The van der Waals surface area contributed by atoms with Gasteiger partial charge in [-0.1, -0.05) is 6.07 Å². The number of anilines is 1. The monoisotopic (exact) mass is 248 g/mol. The number of nitrogens with two attached hydrogens (primary N) is 1. The van der Waals surface area contributed by atoms with Crippen LogP contribution in [0.25, 0.3) is 0 Å². The highest BCUT2D eigenvalue weighted by Gasteiger charge is 2.32. The zero-order valence-electron chi connectivity index (χ0n) is 10.9. The fraction of sp³-hybridized carbons (Fsp3) is 0.538. The van der Waals surface area contributed by atoms with Crippen LogP contribution in [0.3, 0.4) is 0 Å². The maximum Gasteiger partial charge on any atom is 0.242 e. The molecular weight excluding hydrogens is 228 g/mol. The van der Waals surface area contributed by atoms with Crippen molar-refractivity contribution in [3.8, 4) is 0 Å². The van der Waals surface area contributed by atoms with Crippen molar-refractivity contribution in [3.63, 3.8) is 0 Å². The molecule has 0 bridgehead atoms. The summed E-state index contributed by atoms with van der Waals surface area (Å²) in [6, 6.07) is 3.84. The van der Waals surface area contributed by atoms with Gasteiger partial charge in [0.25, 0.3) is 0 Å². The van der Waals surface area contributed by atoms with Gasteiger partial charge in [0.05, 0.1) is 0 Å². The quantitative estimate of drug-likeness (QED) is 0.820. The third-order valence-corrected chi connectivity index (χ3v) is 3.39. The van der Waals surface area contributed by atoms with Crippen LogP contribution < -0.4 is 16.0 Å². The number of nitrogens with zero attached hydrogens (tertiary/aromatic N) is 2. The number of carbonyl (C=O) groups excluding carboxylic acids is 1. The van der Waals surface area contributed by atoms with Crippen LogP contribution >= 0.6 is 0 Å². The Kier molecular flexibility index (Phi) is 3.81. The van der Waals surface area contributed by atoms with E-state index < -0.39 is 0 Å². The van der Waals surface area contributed by atoms with Crippen LogP contribution in [0.2, 0.25) is 0 Å². The van der Waals surface area contributed by atoms with E-state index in [4.69, 9.17) is 5.73 Å². The summed E-state index contributed by atoms with van der Waals surface area (Å²) in [6.45, 7) is 3.26. The fourth-order valence-corrected chi connectivity index (χ4v) is 2.44. The number of carbonyl (C=O) groups is 1. The highest BCUT2D eigenvalue weighted by Crippen LogP contribution is 2.27. The molecule has 1 amide bonds. The van der Waals surface area contributed by atoms with Crippen LogP contribution in [0.4, 0.5) is 5.82 Å². The van der Waals surface area contributed by atoms with E-state index in [0.717, 1.165) is 36.5 Å². The van der Waals surface area contributed by atoms with Gasteiger partial charge in [0.15, 0.2) is 0 Å². The molecule has 0 aromatic carbocycles. The molecule has 0 saturated carbocycles. The molecule has 1 aliphatic rings. The largest absolute Gasteiger partial charge is 0.357 e. The van der Waals surface area contributed by atoms with Crippen molar-refractivity contribution in [2.75, 3.05) is 18.5 Å². The molecule has 5 heteroatoms. The van der Waals surface area contributed by atoms with E-state index >= 15 is 0 Å². The first-order valence-electron chi connectivity index (χ1n) is 6.32. The maximum absolute atomic E-state index is 11.9. The minimum atomic E-state index is -0.116. The van der Waals surface area contributed by atoms with Crippen molar-refractivity contribution in [1.82, 2.24) is 10.3 Å². The van der Waals surface area contributed by atoms with Gasteiger partial charge in [-0.05, 0) is 25.8 Å². The summed E-state index contributed by atoms with van der Waals surface area (Å²) < 4.78 is 0. The Morgan fingerprint density at radius 2 is 2.39 bits per heavy atom. The zero-order chi connectivity index (χ0) is 13.1. The number of likely N-dealkylation sites (N-methyl/N-ethyl adjacent to an activating group) is 1. The lowest BCUT2D eigenvalue weighted by molar-refractivity contribution is -0.121. The molecule has 18 heavy (non-hydrogen) atoms. The second kappa shape index (κ2) is 5.35. The third-order valence-electron chi connectivity index (χ3n) is 3.39. The van der Waals surface area contributed by atoms with E-state index in [2.05, 4.69) is 15.2 Å². The van der Waals surface area contributed by atoms with Gasteiger partial charge >= 0.3 is 0 Å². The van der Waals surface area contributed by atoms with Crippen molar-refractivity contribution >= 4 is 11.7 Å². The number of aromatic nitrogens is 1. The SMILES string of the molecule is CNC(=O)C1CCCN1c1nc(C)ccc1CN. The molecule has 3 N–H and O–H groups in total. The number of aryl methyl sites for hydroxylation is 1. The second-order valence-electron chi connectivity index (χ2n) is 4.61. The van der Waals surface area contributed by atoms with E-state index in [1.807, 2.05) is 19.1 Å². The Balaban J connectivity index is 2.35. The molecule has 1 aliphatic heterocycles. The molecule has 1 saturated heterocycles. The summed E-state index contributed by atoms with van der Waals surface area (Å²) in [5, 5.41) is 2.72. The summed E-state index contributed by atoms with van der Waals surface area (Å²) >= 11 is 0. The molecule has 1 fully saturated rings. The Bertz CT molecular complexity index is 447. The van der Waals surface area contributed by atoms with Gasteiger partial charge in [0.1, 0.15) is 11.9 Å². The van der Waals surface area contributed by atoms with Crippen molar-refractivity contribution in [2.24, 2.45) is 5.73 Å². The van der Waals surface area contributed by atoms with Gasteiger partial charge in [-0.2, -0.15) is 0 Å². The van der Waals surface area contributed by atoms with Crippen molar-refractivity contribution in [3.05, 3.63) is 23.4 Å². The molecule has 1 aromatic rings. The average molecular weight is 248 g/mol. The number of hydrogen-bond acceptors (Lipinski definition) is 4. The van der Waals surface area contributed by atoms with Gasteiger partial charge in [0, 0.05) is 31.4 Å². The molecule has 2 heterocycles. The smallest absolute Gasteiger partial charge is 0.242 e. The Morgan fingerprint density at radius 1 is 1.61 bits per heavy atom. The van der Waals surface area contributed by atoms with Gasteiger partial charge in [0.2, 0.25) is 5.91 Å². The van der Waals surface area contributed by atoms with Crippen molar-refractivity contribution < 1.29 is 4.79 Å². The summed E-state index contributed by atoms with van der Waals surface area (Å²) in [5.41, 5.74) is 7.70. The average Bonchev–Trinajstić information content (AvgIpc) is 2.86. The first-order valence-corrected chi connectivity index (χ1v) is 6.32. The van der Waals surface area contributed by atoms with E-state index in [9.17, 15) is 4.79 Å². The van der Waals surface area contributed by atoms with Crippen molar-refractivity contribution in [2.45, 2.75) is 32.4 Å². The molecule has 98 valence electrons. The van der Waals surface area contributed by atoms with Gasteiger partial charge in [-0.25, -0.2) is 4.98 Å². The topological polar surface area (TPSA) is 71.2 Å². The zero-order valence-corrected chi connectivity index (χ0v) is 10.9. The molecular formula is C13H20N4O. The molecule has 0 aliphatic carbocycles. The summed E-state index contributed by atoms with van der Waals surface area (Å²) in [4.78, 5) is 18.5. The summed E-state index contributed by atoms with van der Waals surface area (Å²) in [7, 11) is 1.67. The first-order chi connectivity index (χ1) is 8.67. The molecule has 1 unspecified atom stereocenters. The van der Waals surface area contributed by atoms with E-state index in [1.54, 1.807) is 7.05 Å². The van der Waals surface area contributed by atoms with Crippen LogP contribution in [0.1, 0.15) is 24.1 Å². The number of rotatable bonds is 3. The lowest BCUT2D eigenvalue weighted by Crippen LogP contribution is -2.42. The van der Waals surface area contributed by atoms with Crippen molar-refractivity contribution in [1.29, 1.82) is 0 Å². The second-order valence-corrected chi connectivity index (χ2v) is 4.61. The summed E-state index contributed by atoms with van der Waals surface area (Å²) in [5.74, 6) is 0.919. The minimum Gasteiger partial charge on any atom is -0.357 e. The summed E-state index contributed by atoms with van der Waals surface area (Å²) in [6.07, 6.45) is 1.89. The molecule has 5 nitrogen and oxygen atoms in total. The molecule has 0 radical (unpaired) electrons. The van der Waals surface area contributed by atoms with E-state index in [1.165, 1.54) is 0 Å². The first kappa shape index (κ1) is 12.8. The lowest BCUT2D eigenvalue weighted by atomic mass is 10.1. The predicted octanol–water partition coefficient (Wildman–Crippen LogP) is 0.564. The molecule has 1 atom stereocenters. The number of pyridine rings is 1. The number of hydrogen-bond donors (Lipinski definition) is 2. The van der Waals surface area contributed by atoms with Crippen LogP contribution in [0.15, 0.2) is 12.1 Å². The Morgan fingerprint density at radius 3 is 3.06 bits per heavy atom. The Labute approximate surface area is 107 Å². The maximum atomic E-state index is 11.9. The number of nitrogens with one attached hydrogen (secondary N) is 1.